The molecule has 0 radical (unpaired) electrons. The minimum atomic E-state index is -0.367. The van der Waals surface area contributed by atoms with Crippen molar-refractivity contribution in [1.29, 1.82) is 0 Å². The van der Waals surface area contributed by atoms with Gasteiger partial charge in [0.25, 0.3) is 11.8 Å². The van der Waals surface area contributed by atoms with Gasteiger partial charge in [0, 0.05) is 18.1 Å². The zero-order valence-corrected chi connectivity index (χ0v) is 28.4. The van der Waals surface area contributed by atoms with E-state index in [1.165, 1.54) is 43.1 Å². The molecule has 0 bridgehead atoms. The van der Waals surface area contributed by atoms with Crippen LogP contribution in [0, 0.1) is 19.7 Å². The second-order valence-corrected chi connectivity index (χ2v) is 12.9. The highest BCUT2D eigenvalue weighted by Gasteiger charge is 2.34. The first-order chi connectivity index (χ1) is 23.2. The summed E-state index contributed by atoms with van der Waals surface area (Å²) in [5.41, 5.74) is 4.90. The van der Waals surface area contributed by atoms with Gasteiger partial charge in [0.2, 0.25) is 0 Å². The summed E-state index contributed by atoms with van der Waals surface area (Å²) in [6.45, 7) is 4.09. The maximum Gasteiger partial charge on any atom is 0.253 e. The Morgan fingerprint density at radius 3 is 2.44 bits per heavy atom. The van der Waals surface area contributed by atoms with Crippen molar-refractivity contribution in [3.8, 4) is 17.2 Å². The molecule has 48 heavy (non-hydrogen) atoms. The predicted molar refractivity (Wildman–Crippen MR) is 184 cm³/mol. The summed E-state index contributed by atoms with van der Waals surface area (Å²) < 4.78 is 26.3. The number of thiophene rings is 1. The van der Waals surface area contributed by atoms with Gasteiger partial charge in [0.15, 0.2) is 11.0 Å². The van der Waals surface area contributed by atoms with E-state index in [4.69, 9.17) is 14.6 Å². The number of nitrogens with zero attached hydrogens (tertiary/aromatic N) is 5. The van der Waals surface area contributed by atoms with Crippen LogP contribution in [-0.4, -0.2) is 57.3 Å². The van der Waals surface area contributed by atoms with Crippen LogP contribution in [0.3, 0.4) is 0 Å². The summed E-state index contributed by atoms with van der Waals surface area (Å²) in [6, 6.07) is 20.6. The average molecular weight is 685 g/mol. The lowest BCUT2D eigenvalue weighted by Gasteiger charge is -2.22. The van der Waals surface area contributed by atoms with Crippen LogP contribution in [0.2, 0.25) is 0 Å². The van der Waals surface area contributed by atoms with Gasteiger partial charge in [-0.1, -0.05) is 42.1 Å². The molecule has 3 heterocycles. The smallest absolute Gasteiger partial charge is 0.253 e. The van der Waals surface area contributed by atoms with Crippen molar-refractivity contribution in [2.24, 2.45) is 5.10 Å². The zero-order valence-electron chi connectivity index (χ0n) is 26.8. The largest absolute Gasteiger partial charge is 0.497 e. The van der Waals surface area contributed by atoms with E-state index in [0.717, 1.165) is 33.0 Å². The van der Waals surface area contributed by atoms with Crippen LogP contribution >= 0.6 is 23.1 Å². The molecule has 6 rings (SSSR count). The highest BCUT2D eigenvalue weighted by molar-refractivity contribution is 7.99. The maximum absolute atomic E-state index is 13.8. The molecule has 2 amide bonds. The Balaban J connectivity index is 1.26. The average Bonchev–Trinajstić information content (AvgIpc) is 3.88. The minimum absolute atomic E-state index is 0.0257. The summed E-state index contributed by atoms with van der Waals surface area (Å²) in [7, 11) is 3.05. The summed E-state index contributed by atoms with van der Waals surface area (Å²) in [5.74, 6) is 0.597. The third-order valence-electron chi connectivity index (χ3n) is 8.09. The number of rotatable bonds is 11. The third-order valence-corrected chi connectivity index (χ3v) is 9.92. The normalized spacial score (nSPS) is 14.1. The molecule has 1 aliphatic rings. The molecule has 5 aromatic rings. The quantitative estimate of drug-likeness (QED) is 0.158. The molecular formula is C35H33FN6O4S2. The number of hydrogen-bond donors (Lipinski definition) is 1. The second kappa shape index (κ2) is 14.4. The summed E-state index contributed by atoms with van der Waals surface area (Å²) in [6.07, 6.45) is 0.518. The lowest BCUT2D eigenvalue weighted by Crippen LogP contribution is -2.28. The van der Waals surface area contributed by atoms with Crippen molar-refractivity contribution >= 4 is 40.6 Å². The lowest BCUT2D eigenvalue weighted by atomic mass is 10.0. The number of halogens is 1. The van der Waals surface area contributed by atoms with E-state index in [1.807, 2.05) is 54.1 Å². The van der Waals surface area contributed by atoms with E-state index in [1.54, 1.807) is 41.7 Å². The molecule has 246 valence electrons. The van der Waals surface area contributed by atoms with Crippen molar-refractivity contribution in [2.75, 3.05) is 20.0 Å². The third kappa shape index (κ3) is 6.97. The van der Waals surface area contributed by atoms with E-state index in [2.05, 4.69) is 15.5 Å². The molecule has 13 heteroatoms. The molecule has 10 nitrogen and oxygen atoms in total. The summed E-state index contributed by atoms with van der Waals surface area (Å²) >= 11 is 2.80. The van der Waals surface area contributed by atoms with Crippen molar-refractivity contribution in [2.45, 2.75) is 38.0 Å². The number of ether oxygens (including phenoxy) is 2. The molecule has 0 aliphatic carbocycles. The Labute approximate surface area is 285 Å². The van der Waals surface area contributed by atoms with Crippen molar-refractivity contribution in [1.82, 2.24) is 25.1 Å². The number of carbonyl (C=O) groups excluding carboxylic acids is 2. The lowest BCUT2D eigenvalue weighted by molar-refractivity contribution is -0.130. The van der Waals surface area contributed by atoms with Crippen molar-refractivity contribution < 1.29 is 23.5 Å². The molecular weight excluding hydrogens is 652 g/mol. The molecule has 1 aliphatic heterocycles. The maximum atomic E-state index is 13.8. The molecule has 3 aromatic carbocycles. The van der Waals surface area contributed by atoms with E-state index < -0.39 is 0 Å². The van der Waals surface area contributed by atoms with E-state index in [0.29, 0.717) is 34.5 Å². The predicted octanol–water partition coefficient (Wildman–Crippen LogP) is 6.50. The first kappa shape index (κ1) is 32.9. The Kier molecular flexibility index (Phi) is 9.88. The van der Waals surface area contributed by atoms with Crippen molar-refractivity contribution in [3.05, 3.63) is 117 Å². The van der Waals surface area contributed by atoms with Crippen LogP contribution in [0.25, 0.3) is 5.69 Å². The molecule has 0 saturated heterocycles. The van der Waals surface area contributed by atoms with Crippen LogP contribution < -0.4 is 14.8 Å². The Morgan fingerprint density at radius 1 is 1.00 bits per heavy atom. The van der Waals surface area contributed by atoms with Gasteiger partial charge in [-0.25, -0.2) is 9.40 Å². The number of methoxy groups -OCH3 is 2. The fourth-order valence-corrected chi connectivity index (χ4v) is 6.93. The molecule has 1 N–H and O–H groups in total. The van der Waals surface area contributed by atoms with Crippen LogP contribution in [0.4, 0.5) is 4.39 Å². The minimum Gasteiger partial charge on any atom is -0.497 e. The van der Waals surface area contributed by atoms with Gasteiger partial charge in [0.05, 0.1) is 48.8 Å². The highest BCUT2D eigenvalue weighted by atomic mass is 32.2. The Bertz CT molecular complexity index is 1960. The molecule has 1 atom stereocenters. The zero-order chi connectivity index (χ0) is 33.8. The van der Waals surface area contributed by atoms with Gasteiger partial charge in [-0.05, 0) is 72.3 Å². The van der Waals surface area contributed by atoms with Crippen LogP contribution in [0.15, 0.2) is 88.4 Å². The van der Waals surface area contributed by atoms with E-state index in [9.17, 15) is 14.0 Å². The van der Waals surface area contributed by atoms with Gasteiger partial charge < -0.3 is 14.8 Å². The molecule has 0 unspecified atom stereocenters. The number of amides is 2. The fourth-order valence-electron chi connectivity index (χ4n) is 5.40. The summed E-state index contributed by atoms with van der Waals surface area (Å²) in [5, 5.41) is 20.5. The van der Waals surface area contributed by atoms with Gasteiger partial charge in [0.1, 0.15) is 17.3 Å². The van der Waals surface area contributed by atoms with Gasteiger partial charge in [-0.2, -0.15) is 5.10 Å². The van der Waals surface area contributed by atoms with E-state index >= 15 is 0 Å². The number of aromatic nitrogens is 3. The number of hydrogen-bond acceptors (Lipinski definition) is 9. The topological polar surface area (TPSA) is 111 Å². The monoisotopic (exact) mass is 684 g/mol. The SMILES string of the molecule is COc1cc(OC)cc(C(=O)NCc2nnc(SCC(=O)N3N=C(c4cccs4)C[C@@H]3c3ccc(F)cc3)n2-c2cccc(C)c2C)c1. The number of benzene rings is 3. The fraction of sp³-hybridized carbons (Fsp3) is 0.229. The standard InChI is InChI=1S/C35H33FN6O4S2/c1-21-7-5-8-29(22(21)2)41-32(19-37-34(44)24-15-26(45-3)17-27(16-24)46-4)38-39-35(41)48-20-33(43)42-30(23-10-12-25(36)13-11-23)18-28(40-42)31-9-6-14-47-31/h5-17,30H,18-20H2,1-4H3,(H,37,44)/t30-/m1/s1. The van der Waals surface area contributed by atoms with Gasteiger partial charge >= 0.3 is 0 Å². The van der Waals surface area contributed by atoms with Gasteiger partial charge in [-0.15, -0.1) is 21.5 Å². The summed E-state index contributed by atoms with van der Waals surface area (Å²) in [4.78, 5) is 28.0. The van der Waals surface area contributed by atoms with Crippen LogP contribution in [0.5, 0.6) is 11.5 Å². The number of hydrazone groups is 1. The second-order valence-electron chi connectivity index (χ2n) is 11.1. The number of thioether (sulfide) groups is 1. The highest BCUT2D eigenvalue weighted by Crippen LogP contribution is 2.35. The molecule has 2 aromatic heterocycles. The Hall–Kier alpha value is -5.01. The van der Waals surface area contributed by atoms with Crippen LogP contribution in [-0.2, 0) is 11.3 Å². The Morgan fingerprint density at radius 2 is 1.75 bits per heavy atom. The molecule has 0 fully saturated rings. The van der Waals surface area contributed by atoms with Crippen LogP contribution in [0.1, 0.15) is 50.2 Å². The number of nitrogens with one attached hydrogen (secondary N) is 1. The van der Waals surface area contributed by atoms with Crippen molar-refractivity contribution in [3.63, 3.8) is 0 Å². The van der Waals surface area contributed by atoms with E-state index in [-0.39, 0.29) is 36.0 Å². The number of aryl methyl sites for hydroxylation is 1. The first-order valence-corrected chi connectivity index (χ1v) is 17.0. The number of carbonyl (C=O) groups is 2. The first-order valence-electron chi connectivity index (χ1n) is 15.1. The molecule has 0 spiro atoms. The molecule has 0 saturated carbocycles. The van der Waals surface area contributed by atoms with Gasteiger partial charge in [-0.3, -0.25) is 14.2 Å².